The zero-order chi connectivity index (χ0) is 22.1. The summed E-state index contributed by atoms with van der Waals surface area (Å²) in [5.41, 5.74) is 1.90. The molecule has 1 atom stereocenters. The predicted octanol–water partition coefficient (Wildman–Crippen LogP) is 5.69. The standard InChI is InChI=1S/C24H19ClFN3O3/c25-19-8-2-1-5-15(19)12-18-14-27-23(31-18)21-9-4-10-29(21)24(30)22-13-20(28-32-22)16-6-3-7-17(26)11-16/h1-3,5-8,11,13-14,21H,4,9-10,12H2. The van der Waals surface area contributed by atoms with Gasteiger partial charge in [-0.25, -0.2) is 9.37 Å². The highest BCUT2D eigenvalue weighted by molar-refractivity contribution is 6.31. The van der Waals surface area contributed by atoms with Gasteiger partial charge in [0.05, 0.1) is 6.20 Å². The molecule has 3 heterocycles. The molecule has 0 spiro atoms. The number of hydrogen-bond donors (Lipinski definition) is 0. The van der Waals surface area contributed by atoms with Crippen LogP contribution in [0, 0.1) is 5.82 Å². The normalized spacial score (nSPS) is 15.9. The lowest BCUT2D eigenvalue weighted by molar-refractivity contribution is 0.0672. The molecule has 32 heavy (non-hydrogen) atoms. The van der Waals surface area contributed by atoms with Gasteiger partial charge < -0.3 is 13.8 Å². The van der Waals surface area contributed by atoms with Gasteiger partial charge in [0.1, 0.15) is 23.3 Å². The largest absolute Gasteiger partial charge is 0.443 e. The van der Waals surface area contributed by atoms with E-state index in [1.54, 1.807) is 23.2 Å². The van der Waals surface area contributed by atoms with Crippen molar-refractivity contribution in [3.63, 3.8) is 0 Å². The van der Waals surface area contributed by atoms with Crippen molar-refractivity contribution in [3.05, 3.63) is 94.6 Å². The lowest BCUT2D eigenvalue weighted by atomic mass is 10.1. The number of aromatic nitrogens is 2. The van der Waals surface area contributed by atoms with Crippen LogP contribution in [0.25, 0.3) is 11.3 Å². The summed E-state index contributed by atoms with van der Waals surface area (Å²) in [4.78, 5) is 19.2. The van der Waals surface area contributed by atoms with E-state index in [4.69, 9.17) is 20.5 Å². The molecule has 0 aliphatic carbocycles. The van der Waals surface area contributed by atoms with Crippen LogP contribution >= 0.6 is 11.6 Å². The molecule has 4 aromatic rings. The molecule has 0 bridgehead atoms. The van der Waals surface area contributed by atoms with E-state index < -0.39 is 0 Å². The van der Waals surface area contributed by atoms with Crippen molar-refractivity contribution in [2.45, 2.75) is 25.3 Å². The Morgan fingerprint density at radius 3 is 2.91 bits per heavy atom. The molecule has 8 heteroatoms. The van der Waals surface area contributed by atoms with Gasteiger partial charge >= 0.3 is 0 Å². The predicted molar refractivity (Wildman–Crippen MR) is 116 cm³/mol. The fourth-order valence-electron chi connectivity index (χ4n) is 3.96. The van der Waals surface area contributed by atoms with E-state index in [9.17, 15) is 9.18 Å². The lowest BCUT2D eigenvalue weighted by Crippen LogP contribution is -2.30. The average Bonchev–Trinajstić information content (AvgIpc) is 3.55. The maximum Gasteiger partial charge on any atom is 0.293 e. The summed E-state index contributed by atoms with van der Waals surface area (Å²) < 4.78 is 24.8. The minimum absolute atomic E-state index is 0.0963. The van der Waals surface area contributed by atoms with Crippen LogP contribution in [0.4, 0.5) is 4.39 Å². The maximum atomic E-state index is 13.5. The smallest absolute Gasteiger partial charge is 0.293 e. The number of rotatable bonds is 5. The van der Waals surface area contributed by atoms with Crippen LogP contribution in [0.5, 0.6) is 0 Å². The summed E-state index contributed by atoms with van der Waals surface area (Å²) in [6.45, 7) is 0.557. The van der Waals surface area contributed by atoms with Gasteiger partial charge in [-0.05, 0) is 36.6 Å². The Labute approximate surface area is 188 Å². The molecule has 0 saturated carbocycles. The van der Waals surface area contributed by atoms with E-state index in [-0.39, 0.29) is 23.5 Å². The highest BCUT2D eigenvalue weighted by atomic mass is 35.5. The molecule has 0 radical (unpaired) electrons. The fourth-order valence-corrected chi connectivity index (χ4v) is 4.16. The SMILES string of the molecule is O=C(c1cc(-c2cccc(F)c2)no1)N1CCCC1c1ncc(Cc2ccccc2Cl)o1. The summed E-state index contributed by atoms with van der Waals surface area (Å²) in [7, 11) is 0. The molecule has 6 nitrogen and oxygen atoms in total. The van der Waals surface area contributed by atoms with Crippen molar-refractivity contribution >= 4 is 17.5 Å². The molecule has 1 fully saturated rings. The monoisotopic (exact) mass is 451 g/mol. The molecule has 5 rings (SSSR count). The molecule has 1 amide bonds. The number of carbonyl (C=O) groups excluding carboxylic acids is 1. The van der Waals surface area contributed by atoms with Crippen LogP contribution in [-0.2, 0) is 6.42 Å². The Morgan fingerprint density at radius 2 is 2.06 bits per heavy atom. The second kappa shape index (κ2) is 8.59. The second-order valence-electron chi connectivity index (χ2n) is 7.68. The first kappa shape index (κ1) is 20.5. The molecular formula is C24H19ClFN3O3. The topological polar surface area (TPSA) is 72.4 Å². The van der Waals surface area contributed by atoms with E-state index in [0.29, 0.717) is 40.9 Å². The van der Waals surface area contributed by atoms with Crippen LogP contribution in [-0.4, -0.2) is 27.5 Å². The Bertz CT molecular complexity index is 1270. The quantitative estimate of drug-likeness (QED) is 0.389. The third kappa shape index (κ3) is 4.03. The second-order valence-corrected chi connectivity index (χ2v) is 8.08. The molecule has 1 aliphatic heterocycles. The highest BCUT2D eigenvalue weighted by Gasteiger charge is 2.35. The van der Waals surface area contributed by atoms with Gasteiger partial charge in [0.25, 0.3) is 5.91 Å². The van der Waals surface area contributed by atoms with Crippen molar-refractivity contribution in [1.29, 1.82) is 0 Å². The summed E-state index contributed by atoms with van der Waals surface area (Å²) in [6, 6.07) is 14.8. The summed E-state index contributed by atoms with van der Waals surface area (Å²) in [5.74, 6) is 0.588. The number of halogens is 2. The van der Waals surface area contributed by atoms with Crippen LogP contribution in [0.1, 0.15) is 46.7 Å². The molecule has 2 aromatic carbocycles. The molecule has 0 N–H and O–H groups in total. The van der Waals surface area contributed by atoms with Crippen molar-refractivity contribution in [3.8, 4) is 11.3 Å². The zero-order valence-corrected chi connectivity index (χ0v) is 17.8. The zero-order valence-electron chi connectivity index (χ0n) is 17.0. The molecule has 1 saturated heterocycles. The van der Waals surface area contributed by atoms with Gasteiger partial charge in [-0.15, -0.1) is 0 Å². The van der Waals surface area contributed by atoms with E-state index in [1.165, 1.54) is 18.2 Å². The first-order valence-electron chi connectivity index (χ1n) is 10.3. The Hall–Kier alpha value is -3.45. The van der Waals surface area contributed by atoms with Gasteiger partial charge in [0.15, 0.2) is 0 Å². The fraction of sp³-hybridized carbons (Fsp3) is 0.208. The van der Waals surface area contributed by atoms with Gasteiger partial charge in [0.2, 0.25) is 11.7 Å². The van der Waals surface area contributed by atoms with Gasteiger partial charge in [-0.1, -0.05) is 47.1 Å². The van der Waals surface area contributed by atoms with Crippen molar-refractivity contribution in [1.82, 2.24) is 15.0 Å². The number of likely N-dealkylation sites (tertiary alicyclic amines) is 1. The van der Waals surface area contributed by atoms with Crippen LogP contribution in [0.15, 0.2) is 69.7 Å². The number of nitrogens with zero attached hydrogens (tertiary/aromatic N) is 3. The first-order chi connectivity index (χ1) is 15.6. The maximum absolute atomic E-state index is 13.5. The van der Waals surface area contributed by atoms with E-state index in [1.807, 2.05) is 24.3 Å². The van der Waals surface area contributed by atoms with Crippen molar-refractivity contribution in [2.75, 3.05) is 6.54 Å². The molecule has 1 unspecified atom stereocenters. The van der Waals surface area contributed by atoms with Crippen molar-refractivity contribution in [2.24, 2.45) is 0 Å². The highest BCUT2D eigenvalue weighted by Crippen LogP contribution is 2.34. The lowest BCUT2D eigenvalue weighted by Gasteiger charge is -2.20. The summed E-state index contributed by atoms with van der Waals surface area (Å²) >= 11 is 6.24. The van der Waals surface area contributed by atoms with Gasteiger partial charge in [-0.2, -0.15) is 0 Å². The molecule has 2 aromatic heterocycles. The van der Waals surface area contributed by atoms with E-state index in [2.05, 4.69) is 10.1 Å². The third-order valence-corrected chi connectivity index (χ3v) is 5.90. The van der Waals surface area contributed by atoms with Crippen LogP contribution in [0.3, 0.4) is 0 Å². The van der Waals surface area contributed by atoms with Crippen LogP contribution < -0.4 is 0 Å². The Kier molecular flexibility index (Phi) is 5.49. The van der Waals surface area contributed by atoms with Crippen LogP contribution in [0.2, 0.25) is 5.02 Å². The summed E-state index contributed by atoms with van der Waals surface area (Å²) in [6.07, 6.45) is 3.76. The number of amides is 1. The van der Waals surface area contributed by atoms with Gasteiger partial charge in [-0.3, -0.25) is 4.79 Å². The Balaban J connectivity index is 1.33. The van der Waals surface area contributed by atoms with E-state index >= 15 is 0 Å². The first-order valence-corrected chi connectivity index (χ1v) is 10.7. The minimum Gasteiger partial charge on any atom is -0.443 e. The number of carbonyl (C=O) groups is 1. The minimum atomic E-state index is -0.380. The molecule has 162 valence electrons. The summed E-state index contributed by atoms with van der Waals surface area (Å²) in [5, 5.41) is 4.61. The third-order valence-electron chi connectivity index (χ3n) is 5.53. The van der Waals surface area contributed by atoms with E-state index in [0.717, 1.165) is 18.4 Å². The number of benzene rings is 2. The Morgan fingerprint density at radius 1 is 1.19 bits per heavy atom. The number of hydrogen-bond acceptors (Lipinski definition) is 5. The molecule has 1 aliphatic rings. The number of oxazole rings is 1. The van der Waals surface area contributed by atoms with Crippen molar-refractivity contribution < 1.29 is 18.1 Å². The molecular weight excluding hydrogens is 433 g/mol. The van der Waals surface area contributed by atoms with Gasteiger partial charge in [0, 0.05) is 29.6 Å². The average molecular weight is 452 g/mol.